The van der Waals surface area contributed by atoms with Crippen LogP contribution in [-0.4, -0.2) is 12.6 Å². The van der Waals surface area contributed by atoms with Crippen LogP contribution in [0, 0.1) is 17.2 Å². The van der Waals surface area contributed by atoms with E-state index in [0.29, 0.717) is 0 Å². The molecule has 1 aromatic rings. The molecule has 1 saturated carbocycles. The predicted octanol–water partition coefficient (Wildman–Crippen LogP) is 4.06. The van der Waals surface area contributed by atoms with Crippen LogP contribution in [0.4, 0.5) is 4.39 Å². The van der Waals surface area contributed by atoms with E-state index in [4.69, 9.17) is 10.5 Å². The predicted molar refractivity (Wildman–Crippen MR) is 82.9 cm³/mol. The van der Waals surface area contributed by atoms with Gasteiger partial charge >= 0.3 is 0 Å². The fourth-order valence-corrected chi connectivity index (χ4v) is 4.27. The van der Waals surface area contributed by atoms with E-state index < -0.39 is 0 Å². The monoisotopic (exact) mass is 291 g/mol. The average molecular weight is 291 g/mol. The summed E-state index contributed by atoms with van der Waals surface area (Å²) in [5, 5.41) is 0. The first-order chi connectivity index (χ1) is 10.1. The molecule has 1 heterocycles. The Balaban J connectivity index is 1.69. The lowest BCUT2D eigenvalue weighted by Gasteiger charge is -2.41. The van der Waals surface area contributed by atoms with Gasteiger partial charge in [-0.05, 0) is 55.3 Å². The third kappa shape index (κ3) is 3.08. The van der Waals surface area contributed by atoms with Crippen molar-refractivity contribution in [3.63, 3.8) is 0 Å². The Labute approximate surface area is 126 Å². The minimum Gasteiger partial charge on any atom is -0.490 e. The molecule has 3 rings (SSSR count). The van der Waals surface area contributed by atoms with Crippen LogP contribution in [0.25, 0.3) is 0 Å². The van der Waals surface area contributed by atoms with Gasteiger partial charge in [-0.25, -0.2) is 4.39 Å². The van der Waals surface area contributed by atoms with Gasteiger partial charge in [0.2, 0.25) is 0 Å². The molecular formula is C18H26FNO. The standard InChI is InChI=1S/C18H26FNO/c1-2-13-4-3-7-18(10-13,12-20)11-16-9-14-8-15(19)5-6-17(14)21-16/h5-6,8,13,16H,2-4,7,9-12,20H2,1H3. The third-order valence-electron chi connectivity index (χ3n) is 5.48. The first kappa shape index (κ1) is 14.8. The smallest absolute Gasteiger partial charge is 0.123 e. The van der Waals surface area contributed by atoms with E-state index in [9.17, 15) is 4.39 Å². The summed E-state index contributed by atoms with van der Waals surface area (Å²) in [7, 11) is 0. The van der Waals surface area contributed by atoms with Gasteiger partial charge in [-0.1, -0.05) is 26.2 Å². The Morgan fingerprint density at radius 2 is 2.29 bits per heavy atom. The Morgan fingerprint density at radius 3 is 3.05 bits per heavy atom. The summed E-state index contributed by atoms with van der Waals surface area (Å²) in [6, 6.07) is 4.85. The van der Waals surface area contributed by atoms with Gasteiger partial charge in [-0.15, -0.1) is 0 Å². The number of fused-ring (bicyclic) bond motifs is 1. The zero-order chi connectivity index (χ0) is 14.9. The van der Waals surface area contributed by atoms with Gasteiger partial charge < -0.3 is 10.5 Å². The van der Waals surface area contributed by atoms with Gasteiger partial charge in [0.25, 0.3) is 0 Å². The van der Waals surface area contributed by atoms with Gasteiger partial charge in [0.1, 0.15) is 17.7 Å². The van der Waals surface area contributed by atoms with Crippen LogP contribution in [0.3, 0.4) is 0 Å². The molecule has 2 aliphatic rings. The number of benzene rings is 1. The lowest BCUT2D eigenvalue weighted by molar-refractivity contribution is 0.0769. The Bertz CT molecular complexity index is 504. The Morgan fingerprint density at radius 1 is 1.43 bits per heavy atom. The Hall–Kier alpha value is -1.09. The van der Waals surface area contributed by atoms with E-state index in [0.717, 1.165) is 36.6 Å². The highest BCUT2D eigenvalue weighted by Crippen LogP contribution is 2.45. The summed E-state index contributed by atoms with van der Waals surface area (Å²) in [6.45, 7) is 3.02. The molecule has 21 heavy (non-hydrogen) atoms. The van der Waals surface area contributed by atoms with E-state index in [1.807, 2.05) is 0 Å². The van der Waals surface area contributed by atoms with E-state index in [2.05, 4.69) is 6.92 Å². The van der Waals surface area contributed by atoms with E-state index in [-0.39, 0.29) is 17.3 Å². The molecule has 116 valence electrons. The summed E-state index contributed by atoms with van der Waals surface area (Å²) in [6.07, 6.45) is 8.32. The zero-order valence-corrected chi connectivity index (χ0v) is 12.9. The largest absolute Gasteiger partial charge is 0.490 e. The molecule has 3 heteroatoms. The van der Waals surface area contributed by atoms with Crippen LogP contribution in [0.15, 0.2) is 18.2 Å². The van der Waals surface area contributed by atoms with Gasteiger partial charge in [-0.3, -0.25) is 0 Å². The summed E-state index contributed by atoms with van der Waals surface area (Å²) in [4.78, 5) is 0. The summed E-state index contributed by atoms with van der Waals surface area (Å²) >= 11 is 0. The van der Waals surface area contributed by atoms with Crippen molar-refractivity contribution < 1.29 is 9.13 Å². The highest BCUT2D eigenvalue weighted by Gasteiger charge is 2.38. The second-order valence-corrected chi connectivity index (χ2v) is 6.97. The molecule has 1 aliphatic heterocycles. The maximum absolute atomic E-state index is 13.3. The van der Waals surface area contributed by atoms with Crippen molar-refractivity contribution in [3.05, 3.63) is 29.6 Å². The van der Waals surface area contributed by atoms with Crippen molar-refractivity contribution in [1.82, 2.24) is 0 Å². The molecule has 0 radical (unpaired) electrons. The molecular weight excluding hydrogens is 265 g/mol. The van der Waals surface area contributed by atoms with Gasteiger partial charge in [0.05, 0.1) is 0 Å². The van der Waals surface area contributed by atoms with E-state index in [1.54, 1.807) is 12.1 Å². The molecule has 1 aliphatic carbocycles. The topological polar surface area (TPSA) is 35.2 Å². The van der Waals surface area contributed by atoms with Crippen LogP contribution >= 0.6 is 0 Å². The van der Waals surface area contributed by atoms with E-state index >= 15 is 0 Å². The number of halogens is 1. The molecule has 0 amide bonds. The van der Waals surface area contributed by atoms with Crippen molar-refractivity contribution in [2.75, 3.05) is 6.54 Å². The van der Waals surface area contributed by atoms with E-state index in [1.165, 1.54) is 38.2 Å². The van der Waals surface area contributed by atoms with Crippen LogP contribution in [-0.2, 0) is 6.42 Å². The summed E-state index contributed by atoms with van der Waals surface area (Å²) < 4.78 is 19.3. The third-order valence-corrected chi connectivity index (χ3v) is 5.48. The Kier molecular flexibility index (Phi) is 4.21. The first-order valence-electron chi connectivity index (χ1n) is 8.29. The second kappa shape index (κ2) is 5.96. The SMILES string of the molecule is CCC1CCCC(CN)(CC2Cc3cc(F)ccc3O2)C1. The van der Waals surface area contributed by atoms with Crippen LogP contribution < -0.4 is 10.5 Å². The number of rotatable bonds is 4. The molecule has 3 atom stereocenters. The van der Waals surface area contributed by atoms with Crippen molar-refractivity contribution in [3.8, 4) is 5.75 Å². The van der Waals surface area contributed by atoms with Crippen molar-refractivity contribution in [2.45, 2.75) is 58.0 Å². The molecule has 0 saturated heterocycles. The average Bonchev–Trinajstić information content (AvgIpc) is 2.88. The lowest BCUT2D eigenvalue weighted by atomic mass is 9.66. The molecule has 3 unspecified atom stereocenters. The van der Waals surface area contributed by atoms with Gasteiger partial charge in [0.15, 0.2) is 0 Å². The van der Waals surface area contributed by atoms with Gasteiger partial charge in [0, 0.05) is 12.0 Å². The number of hydrogen-bond acceptors (Lipinski definition) is 2. The van der Waals surface area contributed by atoms with Gasteiger partial charge in [-0.2, -0.15) is 0 Å². The maximum atomic E-state index is 13.3. The fourth-order valence-electron chi connectivity index (χ4n) is 4.27. The fraction of sp³-hybridized carbons (Fsp3) is 0.667. The van der Waals surface area contributed by atoms with Crippen LogP contribution in [0.1, 0.15) is 51.0 Å². The highest BCUT2D eigenvalue weighted by atomic mass is 19.1. The minimum atomic E-state index is -0.171. The number of nitrogens with two attached hydrogens (primary N) is 1. The molecule has 1 aromatic carbocycles. The zero-order valence-electron chi connectivity index (χ0n) is 12.9. The lowest BCUT2D eigenvalue weighted by Crippen LogP contribution is -2.39. The van der Waals surface area contributed by atoms with Crippen molar-refractivity contribution in [1.29, 1.82) is 0 Å². The normalized spacial score (nSPS) is 31.8. The second-order valence-electron chi connectivity index (χ2n) is 6.97. The molecule has 2 nitrogen and oxygen atoms in total. The summed E-state index contributed by atoms with van der Waals surface area (Å²) in [5.74, 6) is 1.50. The maximum Gasteiger partial charge on any atom is 0.123 e. The molecule has 1 fully saturated rings. The highest BCUT2D eigenvalue weighted by molar-refractivity contribution is 5.37. The molecule has 0 aromatic heterocycles. The molecule has 0 bridgehead atoms. The van der Waals surface area contributed by atoms with Crippen LogP contribution in [0.2, 0.25) is 0 Å². The minimum absolute atomic E-state index is 0.168. The first-order valence-corrected chi connectivity index (χ1v) is 8.29. The molecule has 2 N–H and O–H groups in total. The van der Waals surface area contributed by atoms with Crippen molar-refractivity contribution >= 4 is 0 Å². The summed E-state index contributed by atoms with van der Waals surface area (Å²) in [5.41, 5.74) is 7.38. The number of ether oxygens (including phenoxy) is 1. The quantitative estimate of drug-likeness (QED) is 0.907. The number of hydrogen-bond donors (Lipinski definition) is 1. The van der Waals surface area contributed by atoms with Crippen LogP contribution in [0.5, 0.6) is 5.75 Å². The molecule has 0 spiro atoms. The van der Waals surface area contributed by atoms with Crippen molar-refractivity contribution in [2.24, 2.45) is 17.1 Å².